The molecule has 0 radical (unpaired) electrons. The van der Waals surface area contributed by atoms with Gasteiger partial charge in [-0.3, -0.25) is 0 Å². The average molecular weight is 292 g/mol. The van der Waals surface area contributed by atoms with Crippen molar-refractivity contribution in [3.8, 4) is 0 Å². The van der Waals surface area contributed by atoms with Crippen LogP contribution in [0.15, 0.2) is 30.3 Å². The van der Waals surface area contributed by atoms with Gasteiger partial charge in [0.25, 0.3) is 0 Å². The predicted octanol–water partition coefficient (Wildman–Crippen LogP) is 3.13. The second kappa shape index (κ2) is 12.2. The first-order valence-corrected chi connectivity index (χ1v) is 7.98. The molecule has 1 aromatic carbocycles. The first kappa shape index (κ1) is 17.5. The van der Waals surface area contributed by atoms with Crippen molar-refractivity contribution in [2.75, 3.05) is 26.2 Å². The van der Waals surface area contributed by atoms with E-state index in [0.717, 1.165) is 32.4 Å². The fourth-order valence-corrected chi connectivity index (χ4v) is 2.00. The molecule has 0 spiro atoms. The van der Waals surface area contributed by atoms with Crippen molar-refractivity contribution in [2.45, 2.75) is 39.0 Å². The van der Waals surface area contributed by atoms with Gasteiger partial charge in [0.15, 0.2) is 0 Å². The number of hydrogen-bond acceptors (Lipinski definition) is 3. The summed E-state index contributed by atoms with van der Waals surface area (Å²) in [7, 11) is 0. The SMILES string of the molecule is CCCCCCOC(=O)NCCNCCc1ccccc1. The van der Waals surface area contributed by atoms with Crippen molar-refractivity contribution in [3.05, 3.63) is 35.9 Å². The van der Waals surface area contributed by atoms with Crippen LogP contribution in [0.25, 0.3) is 0 Å². The lowest BCUT2D eigenvalue weighted by Gasteiger charge is -2.08. The Morgan fingerprint density at radius 1 is 1.05 bits per heavy atom. The average Bonchev–Trinajstić information content (AvgIpc) is 2.51. The number of benzene rings is 1. The molecule has 118 valence electrons. The molecule has 0 saturated carbocycles. The van der Waals surface area contributed by atoms with E-state index in [1.54, 1.807) is 0 Å². The van der Waals surface area contributed by atoms with E-state index in [1.807, 2.05) is 18.2 Å². The molecular weight excluding hydrogens is 264 g/mol. The number of amides is 1. The minimum Gasteiger partial charge on any atom is -0.450 e. The third kappa shape index (κ3) is 9.91. The van der Waals surface area contributed by atoms with Crippen LogP contribution in [-0.4, -0.2) is 32.3 Å². The Labute approximate surface area is 128 Å². The van der Waals surface area contributed by atoms with Gasteiger partial charge in [-0.25, -0.2) is 4.79 Å². The fraction of sp³-hybridized carbons (Fsp3) is 0.588. The van der Waals surface area contributed by atoms with E-state index >= 15 is 0 Å². The van der Waals surface area contributed by atoms with Crippen LogP contribution in [0.3, 0.4) is 0 Å². The molecule has 0 aliphatic heterocycles. The Hall–Kier alpha value is -1.55. The molecule has 0 heterocycles. The summed E-state index contributed by atoms with van der Waals surface area (Å²) in [4.78, 5) is 11.4. The molecule has 1 rings (SSSR count). The van der Waals surface area contributed by atoms with Crippen LogP contribution in [-0.2, 0) is 11.2 Å². The van der Waals surface area contributed by atoms with Crippen LogP contribution in [0.1, 0.15) is 38.2 Å². The molecule has 0 bridgehead atoms. The lowest BCUT2D eigenvalue weighted by Crippen LogP contribution is -2.33. The quantitative estimate of drug-likeness (QED) is 0.616. The smallest absolute Gasteiger partial charge is 0.407 e. The van der Waals surface area contributed by atoms with Gasteiger partial charge >= 0.3 is 6.09 Å². The van der Waals surface area contributed by atoms with Crippen molar-refractivity contribution in [1.82, 2.24) is 10.6 Å². The van der Waals surface area contributed by atoms with Gasteiger partial charge in [-0.05, 0) is 24.9 Å². The van der Waals surface area contributed by atoms with E-state index < -0.39 is 0 Å². The zero-order valence-corrected chi connectivity index (χ0v) is 13.1. The molecule has 4 nitrogen and oxygen atoms in total. The highest BCUT2D eigenvalue weighted by molar-refractivity contribution is 5.67. The Bertz CT molecular complexity index is 368. The molecule has 1 aromatic rings. The monoisotopic (exact) mass is 292 g/mol. The maximum Gasteiger partial charge on any atom is 0.407 e. The van der Waals surface area contributed by atoms with Crippen LogP contribution in [0.4, 0.5) is 4.79 Å². The number of alkyl carbamates (subject to hydrolysis) is 1. The zero-order valence-electron chi connectivity index (χ0n) is 13.1. The van der Waals surface area contributed by atoms with E-state index in [-0.39, 0.29) is 6.09 Å². The Morgan fingerprint density at radius 3 is 2.62 bits per heavy atom. The van der Waals surface area contributed by atoms with Crippen molar-refractivity contribution < 1.29 is 9.53 Å². The van der Waals surface area contributed by atoms with Crippen molar-refractivity contribution in [2.24, 2.45) is 0 Å². The van der Waals surface area contributed by atoms with Gasteiger partial charge in [-0.1, -0.05) is 56.5 Å². The van der Waals surface area contributed by atoms with Crippen molar-refractivity contribution in [3.63, 3.8) is 0 Å². The molecule has 1 amide bonds. The molecule has 0 aromatic heterocycles. The van der Waals surface area contributed by atoms with Gasteiger partial charge in [-0.2, -0.15) is 0 Å². The summed E-state index contributed by atoms with van der Waals surface area (Å²) in [5.74, 6) is 0. The Balaban J connectivity index is 1.88. The van der Waals surface area contributed by atoms with Crippen LogP contribution in [0.5, 0.6) is 0 Å². The summed E-state index contributed by atoms with van der Waals surface area (Å²) >= 11 is 0. The van der Waals surface area contributed by atoms with Gasteiger partial charge in [0, 0.05) is 13.1 Å². The standard InChI is InChI=1S/C17H28N2O2/c1-2-3-4-8-15-21-17(20)19-14-13-18-12-11-16-9-6-5-7-10-16/h5-7,9-10,18H,2-4,8,11-15H2,1H3,(H,19,20). The van der Waals surface area contributed by atoms with Gasteiger partial charge in [-0.15, -0.1) is 0 Å². The highest BCUT2D eigenvalue weighted by atomic mass is 16.5. The van der Waals surface area contributed by atoms with Crippen molar-refractivity contribution >= 4 is 6.09 Å². The van der Waals surface area contributed by atoms with Gasteiger partial charge < -0.3 is 15.4 Å². The molecular formula is C17H28N2O2. The second-order valence-electron chi connectivity index (χ2n) is 5.11. The number of unbranched alkanes of at least 4 members (excludes halogenated alkanes) is 3. The first-order chi connectivity index (χ1) is 10.3. The maximum absolute atomic E-state index is 11.4. The predicted molar refractivity (Wildman–Crippen MR) is 86.5 cm³/mol. The summed E-state index contributed by atoms with van der Waals surface area (Å²) in [6, 6.07) is 10.4. The number of carbonyl (C=O) groups is 1. The molecule has 0 saturated heterocycles. The summed E-state index contributed by atoms with van der Waals surface area (Å²) in [6.07, 6.45) is 5.18. The Morgan fingerprint density at radius 2 is 1.86 bits per heavy atom. The molecule has 0 aliphatic carbocycles. The van der Waals surface area contributed by atoms with Crippen LogP contribution >= 0.6 is 0 Å². The van der Waals surface area contributed by atoms with Crippen LogP contribution < -0.4 is 10.6 Å². The van der Waals surface area contributed by atoms with Crippen LogP contribution in [0.2, 0.25) is 0 Å². The molecule has 2 N–H and O–H groups in total. The van der Waals surface area contributed by atoms with E-state index in [1.165, 1.54) is 18.4 Å². The third-order valence-corrected chi connectivity index (χ3v) is 3.24. The van der Waals surface area contributed by atoms with E-state index in [4.69, 9.17) is 4.74 Å². The lowest BCUT2D eigenvalue weighted by atomic mass is 10.1. The first-order valence-electron chi connectivity index (χ1n) is 7.98. The number of carbonyl (C=O) groups excluding carboxylic acids is 1. The zero-order chi connectivity index (χ0) is 15.2. The summed E-state index contributed by atoms with van der Waals surface area (Å²) in [5.41, 5.74) is 1.32. The van der Waals surface area contributed by atoms with Gasteiger partial charge in [0.05, 0.1) is 6.61 Å². The van der Waals surface area contributed by atoms with E-state index in [9.17, 15) is 4.79 Å². The molecule has 0 atom stereocenters. The molecule has 0 aliphatic rings. The number of hydrogen-bond donors (Lipinski definition) is 2. The van der Waals surface area contributed by atoms with Crippen molar-refractivity contribution in [1.29, 1.82) is 0 Å². The number of nitrogens with one attached hydrogen (secondary N) is 2. The van der Waals surface area contributed by atoms with Crippen LogP contribution in [0, 0.1) is 0 Å². The topological polar surface area (TPSA) is 50.4 Å². The highest BCUT2D eigenvalue weighted by Gasteiger charge is 2.00. The largest absolute Gasteiger partial charge is 0.450 e. The minimum atomic E-state index is -0.309. The third-order valence-electron chi connectivity index (χ3n) is 3.24. The molecule has 4 heteroatoms. The highest BCUT2D eigenvalue weighted by Crippen LogP contribution is 1.99. The fourth-order valence-electron chi connectivity index (χ4n) is 2.00. The maximum atomic E-state index is 11.4. The molecule has 0 fully saturated rings. The van der Waals surface area contributed by atoms with E-state index in [0.29, 0.717) is 13.2 Å². The summed E-state index contributed by atoms with van der Waals surface area (Å²) in [6.45, 7) is 4.96. The second-order valence-corrected chi connectivity index (χ2v) is 5.11. The summed E-state index contributed by atoms with van der Waals surface area (Å²) in [5, 5.41) is 6.05. The number of rotatable bonds is 11. The van der Waals surface area contributed by atoms with Gasteiger partial charge in [0.1, 0.15) is 0 Å². The molecule has 21 heavy (non-hydrogen) atoms. The molecule has 0 unspecified atom stereocenters. The lowest BCUT2D eigenvalue weighted by molar-refractivity contribution is 0.144. The van der Waals surface area contributed by atoms with Gasteiger partial charge in [0.2, 0.25) is 0 Å². The number of ether oxygens (including phenoxy) is 1. The van der Waals surface area contributed by atoms with E-state index in [2.05, 4.69) is 29.7 Å². The normalized spacial score (nSPS) is 10.3. The Kier molecular flexibility index (Phi) is 10.2. The summed E-state index contributed by atoms with van der Waals surface area (Å²) < 4.78 is 5.09. The minimum absolute atomic E-state index is 0.309.